The van der Waals surface area contributed by atoms with Crippen LogP contribution in [0.2, 0.25) is 5.02 Å². The molecule has 0 saturated carbocycles. The Morgan fingerprint density at radius 1 is 1.30 bits per heavy atom. The molecule has 1 aromatic heterocycles. The summed E-state index contributed by atoms with van der Waals surface area (Å²) in [6.45, 7) is 7.54. The van der Waals surface area contributed by atoms with E-state index < -0.39 is 12.0 Å². The lowest BCUT2D eigenvalue weighted by atomic mass is 9.95. The van der Waals surface area contributed by atoms with E-state index in [1.54, 1.807) is 30.6 Å². The largest absolute Gasteiger partial charge is 0.494 e. The van der Waals surface area contributed by atoms with Gasteiger partial charge in [0.1, 0.15) is 11.8 Å². The maximum absolute atomic E-state index is 13.9. The van der Waals surface area contributed by atoms with Crippen molar-refractivity contribution in [1.29, 1.82) is 0 Å². The maximum Gasteiger partial charge on any atom is 0.338 e. The number of hydrogen-bond donors (Lipinski definition) is 0. The van der Waals surface area contributed by atoms with Gasteiger partial charge in [0, 0.05) is 5.56 Å². The smallest absolute Gasteiger partial charge is 0.338 e. The lowest BCUT2D eigenvalue weighted by molar-refractivity contribution is -0.139. The van der Waals surface area contributed by atoms with Gasteiger partial charge >= 0.3 is 5.97 Å². The van der Waals surface area contributed by atoms with E-state index in [4.69, 9.17) is 25.8 Å². The second-order valence-electron chi connectivity index (χ2n) is 8.52. The highest BCUT2D eigenvalue weighted by Gasteiger charge is 2.35. The number of esters is 1. The Labute approximate surface area is 231 Å². The molecule has 0 N–H and O–H groups in total. The van der Waals surface area contributed by atoms with Crippen molar-refractivity contribution in [3.63, 3.8) is 0 Å². The second-order valence-corrected chi connectivity index (χ2v) is 10.8. The van der Waals surface area contributed by atoms with Crippen LogP contribution >= 0.6 is 38.9 Å². The third-order valence-corrected chi connectivity index (χ3v) is 7.47. The van der Waals surface area contributed by atoms with Crippen LogP contribution in [0.25, 0.3) is 6.08 Å². The monoisotopic (exact) mass is 604 g/mol. The van der Waals surface area contributed by atoms with E-state index in [-0.39, 0.29) is 18.3 Å². The molecule has 0 bridgehead atoms. The Hall–Kier alpha value is -2.88. The number of rotatable bonds is 7. The SMILES string of the molecule is CCOC(=O)C1=C(C)N=c2s/c(=C/c3cc(Cl)c(OC)c(Br)c3)c(=O)n2[C@H]1c1ccccc1OC(C)C. The highest BCUT2D eigenvalue weighted by molar-refractivity contribution is 9.10. The first kappa shape index (κ1) is 27.2. The van der Waals surface area contributed by atoms with Crippen LogP contribution in [0.1, 0.15) is 44.9 Å². The van der Waals surface area contributed by atoms with Crippen LogP contribution in [-0.2, 0) is 9.53 Å². The van der Waals surface area contributed by atoms with Gasteiger partial charge in [0.25, 0.3) is 5.56 Å². The fourth-order valence-electron chi connectivity index (χ4n) is 4.16. The maximum atomic E-state index is 13.9. The lowest BCUT2D eigenvalue weighted by Gasteiger charge is -2.26. The van der Waals surface area contributed by atoms with Gasteiger partial charge in [-0.2, -0.15) is 0 Å². The summed E-state index contributed by atoms with van der Waals surface area (Å²) in [5.41, 5.74) is 1.90. The summed E-state index contributed by atoms with van der Waals surface area (Å²) in [4.78, 5) is 32.1. The lowest BCUT2D eigenvalue weighted by Crippen LogP contribution is -2.40. The van der Waals surface area contributed by atoms with Gasteiger partial charge in [-0.3, -0.25) is 9.36 Å². The first-order valence-electron chi connectivity index (χ1n) is 11.6. The van der Waals surface area contributed by atoms with Gasteiger partial charge < -0.3 is 14.2 Å². The third kappa shape index (κ3) is 5.39. The van der Waals surface area contributed by atoms with Gasteiger partial charge in [-0.25, -0.2) is 9.79 Å². The van der Waals surface area contributed by atoms with Gasteiger partial charge in [0.05, 0.1) is 45.1 Å². The van der Waals surface area contributed by atoms with Crippen molar-refractivity contribution in [3.05, 3.63) is 88.0 Å². The van der Waals surface area contributed by atoms with E-state index in [0.29, 0.717) is 52.7 Å². The molecule has 0 aliphatic carbocycles. The fourth-order valence-corrected chi connectivity index (χ4v) is 6.27. The summed E-state index contributed by atoms with van der Waals surface area (Å²) in [5.74, 6) is 0.574. The molecule has 194 valence electrons. The number of ether oxygens (including phenoxy) is 3. The number of carbonyl (C=O) groups is 1. The summed E-state index contributed by atoms with van der Waals surface area (Å²) in [5, 5.41) is 0.411. The predicted octanol–water partition coefficient (Wildman–Crippen LogP) is 5.01. The highest BCUT2D eigenvalue weighted by atomic mass is 79.9. The Bertz CT molecular complexity index is 1550. The van der Waals surface area contributed by atoms with E-state index in [2.05, 4.69) is 20.9 Å². The van der Waals surface area contributed by atoms with Crippen molar-refractivity contribution in [2.45, 2.75) is 39.8 Å². The zero-order chi connectivity index (χ0) is 26.9. The van der Waals surface area contributed by atoms with Crippen molar-refractivity contribution >= 4 is 50.9 Å². The number of allylic oxidation sites excluding steroid dienone is 1. The standard InChI is InChI=1S/C27H26BrClN2O5S/c1-6-35-26(33)22-15(4)30-27-31(23(22)17-9-7-8-10-20(17)36-14(2)3)25(32)21(37-27)13-16-11-18(28)24(34-5)19(29)12-16/h7-14,23H,6H2,1-5H3/b21-13+/t23-/m0/s1. The minimum absolute atomic E-state index is 0.105. The van der Waals surface area contributed by atoms with Crippen molar-refractivity contribution in [2.24, 2.45) is 4.99 Å². The minimum atomic E-state index is -0.765. The summed E-state index contributed by atoms with van der Waals surface area (Å²) < 4.78 is 19.4. The van der Waals surface area contributed by atoms with Gasteiger partial charge in [-0.1, -0.05) is 41.1 Å². The molecule has 4 rings (SSSR count). The molecule has 1 atom stereocenters. The summed E-state index contributed by atoms with van der Waals surface area (Å²) >= 11 is 11.1. The molecule has 7 nitrogen and oxygen atoms in total. The van der Waals surface area contributed by atoms with Gasteiger partial charge in [0.15, 0.2) is 10.6 Å². The van der Waals surface area contributed by atoms with E-state index in [9.17, 15) is 9.59 Å². The number of carbonyl (C=O) groups excluding carboxylic acids is 1. The topological polar surface area (TPSA) is 79.1 Å². The zero-order valence-electron chi connectivity index (χ0n) is 21.0. The second kappa shape index (κ2) is 11.2. The molecule has 1 aliphatic rings. The van der Waals surface area contributed by atoms with Crippen molar-refractivity contribution in [2.75, 3.05) is 13.7 Å². The number of aromatic nitrogens is 1. The predicted molar refractivity (Wildman–Crippen MR) is 148 cm³/mol. The average molecular weight is 606 g/mol. The molecule has 0 unspecified atom stereocenters. The van der Waals surface area contributed by atoms with Gasteiger partial charge in [0.2, 0.25) is 0 Å². The quantitative estimate of drug-likeness (QED) is 0.354. The Kier molecular flexibility index (Phi) is 8.26. The molecule has 0 amide bonds. The normalized spacial score (nSPS) is 15.5. The number of fused-ring (bicyclic) bond motifs is 1. The Morgan fingerprint density at radius 2 is 2.03 bits per heavy atom. The van der Waals surface area contributed by atoms with E-state index in [1.165, 1.54) is 18.4 Å². The molecule has 2 heterocycles. The molecule has 0 fully saturated rings. The Morgan fingerprint density at radius 3 is 2.68 bits per heavy atom. The van der Waals surface area contributed by atoms with Crippen LogP contribution in [-0.4, -0.2) is 30.4 Å². The van der Waals surface area contributed by atoms with E-state index in [1.807, 2.05) is 44.2 Å². The average Bonchev–Trinajstić information content (AvgIpc) is 3.12. The molecular weight excluding hydrogens is 580 g/mol. The number of benzene rings is 2. The molecule has 0 saturated heterocycles. The zero-order valence-corrected chi connectivity index (χ0v) is 24.2. The van der Waals surface area contributed by atoms with Crippen molar-refractivity contribution < 1.29 is 19.0 Å². The summed E-state index contributed by atoms with van der Waals surface area (Å²) in [6, 6.07) is 10.2. The first-order valence-corrected chi connectivity index (χ1v) is 13.6. The molecule has 37 heavy (non-hydrogen) atoms. The summed E-state index contributed by atoms with van der Waals surface area (Å²) in [7, 11) is 1.54. The van der Waals surface area contributed by atoms with Gasteiger partial charge in [-0.15, -0.1) is 0 Å². The molecule has 10 heteroatoms. The molecule has 0 spiro atoms. The number of hydrogen-bond acceptors (Lipinski definition) is 7. The first-order chi connectivity index (χ1) is 17.7. The summed E-state index contributed by atoms with van der Waals surface area (Å²) in [6.07, 6.45) is 1.64. The van der Waals surface area contributed by atoms with Crippen LogP contribution in [0.5, 0.6) is 11.5 Å². The molecule has 2 aromatic carbocycles. The number of methoxy groups -OCH3 is 1. The van der Waals surface area contributed by atoms with Crippen molar-refractivity contribution in [3.8, 4) is 11.5 Å². The van der Waals surface area contributed by atoms with Crippen LogP contribution in [0.15, 0.2) is 61.9 Å². The third-order valence-electron chi connectivity index (χ3n) is 5.62. The van der Waals surface area contributed by atoms with Crippen molar-refractivity contribution in [1.82, 2.24) is 4.57 Å². The van der Waals surface area contributed by atoms with Crippen LogP contribution in [0, 0.1) is 0 Å². The highest BCUT2D eigenvalue weighted by Crippen LogP contribution is 2.37. The minimum Gasteiger partial charge on any atom is -0.494 e. The number of halogens is 2. The number of thiazole rings is 1. The molecular formula is C27H26BrClN2O5S. The molecule has 0 radical (unpaired) electrons. The Balaban J connectivity index is 1.97. The van der Waals surface area contributed by atoms with E-state index >= 15 is 0 Å². The van der Waals surface area contributed by atoms with Crippen LogP contribution < -0.4 is 24.4 Å². The number of nitrogens with zero attached hydrogens (tertiary/aromatic N) is 2. The number of para-hydroxylation sites is 1. The fraction of sp³-hybridized carbons (Fsp3) is 0.296. The molecule has 1 aliphatic heterocycles. The van der Waals surface area contributed by atoms with Crippen LogP contribution in [0.4, 0.5) is 0 Å². The van der Waals surface area contributed by atoms with Crippen LogP contribution in [0.3, 0.4) is 0 Å². The van der Waals surface area contributed by atoms with E-state index in [0.717, 1.165) is 0 Å². The molecule has 3 aromatic rings. The van der Waals surface area contributed by atoms with Gasteiger partial charge in [-0.05, 0) is 73.5 Å².